The Hall–Kier alpha value is -1.44. The molecule has 0 unspecified atom stereocenters. The maximum absolute atomic E-state index is 11.8. The van der Waals surface area contributed by atoms with Crippen LogP contribution in [0.5, 0.6) is 0 Å². The van der Waals surface area contributed by atoms with E-state index >= 15 is 0 Å². The van der Waals surface area contributed by atoms with Crippen molar-refractivity contribution in [2.24, 2.45) is 0 Å². The minimum absolute atomic E-state index is 0.00595. The third-order valence-electron chi connectivity index (χ3n) is 2.44. The quantitative estimate of drug-likeness (QED) is 0.600. The van der Waals surface area contributed by atoms with Crippen LogP contribution < -0.4 is 5.32 Å². The monoisotopic (exact) mass is 296 g/mol. The van der Waals surface area contributed by atoms with E-state index < -0.39 is 19.0 Å². The zero-order valence-corrected chi connectivity index (χ0v) is 11.8. The Kier molecular flexibility index (Phi) is 9.61. The number of amides is 2. The normalized spacial score (nSPS) is 10.9. The van der Waals surface area contributed by atoms with Gasteiger partial charge in [0.25, 0.3) is 6.43 Å². The fourth-order valence-electron chi connectivity index (χ4n) is 1.50. The van der Waals surface area contributed by atoms with Crippen LogP contribution in [0.4, 0.5) is 13.6 Å². The number of urea groups is 1. The number of nitrogens with one attached hydrogen (secondary N) is 1. The number of hydrogen-bond donors (Lipinski definition) is 2. The van der Waals surface area contributed by atoms with Crippen LogP contribution in [0.1, 0.15) is 26.7 Å². The number of alkyl halides is 2. The van der Waals surface area contributed by atoms with Gasteiger partial charge in [-0.25, -0.2) is 13.6 Å². The average molecular weight is 296 g/mol. The molecule has 2 amide bonds. The number of carbonyl (C=O) groups excluding carboxylic acids is 1. The summed E-state index contributed by atoms with van der Waals surface area (Å²) in [6, 6.07) is -0.434. The number of nitrogens with zero attached hydrogens (tertiary/aromatic N) is 1. The minimum atomic E-state index is -2.52. The summed E-state index contributed by atoms with van der Waals surface area (Å²) in [5.41, 5.74) is 0. The molecule has 0 aromatic rings. The van der Waals surface area contributed by atoms with E-state index in [1.807, 2.05) is 13.8 Å². The fourth-order valence-corrected chi connectivity index (χ4v) is 1.50. The molecule has 0 atom stereocenters. The van der Waals surface area contributed by atoms with Gasteiger partial charge in [-0.3, -0.25) is 4.79 Å². The molecule has 0 radical (unpaired) electrons. The number of carboxylic acids is 1. The van der Waals surface area contributed by atoms with Gasteiger partial charge >= 0.3 is 12.0 Å². The van der Waals surface area contributed by atoms with Crippen LogP contribution in [0, 0.1) is 0 Å². The van der Waals surface area contributed by atoms with E-state index in [4.69, 9.17) is 5.11 Å². The molecule has 0 aromatic carbocycles. The van der Waals surface area contributed by atoms with Crippen molar-refractivity contribution in [3.63, 3.8) is 0 Å². The summed E-state index contributed by atoms with van der Waals surface area (Å²) in [6.45, 7) is 3.45. The van der Waals surface area contributed by atoms with E-state index in [1.165, 1.54) is 4.90 Å². The molecule has 0 bridgehead atoms. The van der Waals surface area contributed by atoms with Crippen molar-refractivity contribution in [2.45, 2.75) is 39.2 Å². The summed E-state index contributed by atoms with van der Waals surface area (Å²) in [5, 5.41) is 11.1. The van der Waals surface area contributed by atoms with Crippen molar-refractivity contribution in [3.05, 3.63) is 0 Å². The highest BCUT2D eigenvalue weighted by molar-refractivity contribution is 5.74. The van der Waals surface area contributed by atoms with E-state index in [1.54, 1.807) is 0 Å². The molecule has 0 aliphatic carbocycles. The lowest BCUT2D eigenvalue weighted by Gasteiger charge is -2.26. The third kappa shape index (κ3) is 9.48. The zero-order chi connectivity index (χ0) is 15.5. The van der Waals surface area contributed by atoms with Gasteiger partial charge in [-0.2, -0.15) is 0 Å². The van der Waals surface area contributed by atoms with E-state index in [0.717, 1.165) is 0 Å². The number of carboxylic acid groups (broad SMARTS) is 1. The molecule has 2 N–H and O–H groups in total. The number of ether oxygens (including phenoxy) is 1. The average Bonchev–Trinajstić information content (AvgIpc) is 2.32. The highest BCUT2D eigenvalue weighted by Crippen LogP contribution is 2.02. The molecule has 118 valence electrons. The zero-order valence-electron chi connectivity index (χ0n) is 11.8. The van der Waals surface area contributed by atoms with Crippen LogP contribution in [0.3, 0.4) is 0 Å². The van der Waals surface area contributed by atoms with E-state index in [2.05, 4.69) is 10.1 Å². The Morgan fingerprint density at radius 1 is 1.35 bits per heavy atom. The maximum Gasteiger partial charge on any atom is 0.317 e. The highest BCUT2D eigenvalue weighted by atomic mass is 19.3. The number of hydrogen-bond acceptors (Lipinski definition) is 3. The molecule has 0 saturated heterocycles. The van der Waals surface area contributed by atoms with Gasteiger partial charge in [0.2, 0.25) is 0 Å². The molecule has 0 heterocycles. The number of halogens is 2. The van der Waals surface area contributed by atoms with Gasteiger partial charge in [0.05, 0.1) is 6.61 Å². The molecule has 0 aromatic heterocycles. The van der Waals surface area contributed by atoms with Crippen LogP contribution in [-0.2, 0) is 9.53 Å². The predicted octanol–water partition coefficient (Wildman–Crippen LogP) is 1.55. The van der Waals surface area contributed by atoms with E-state index in [9.17, 15) is 18.4 Å². The second-order valence-electron chi connectivity index (χ2n) is 4.48. The minimum Gasteiger partial charge on any atom is -0.481 e. The first-order chi connectivity index (χ1) is 9.34. The standard InChI is InChI=1S/C12H22F2N2O4/c1-9(2)16(6-3-4-11(17)18)12(19)15-5-7-20-8-10(13)14/h9-10H,3-8H2,1-2H3,(H,15,19)(H,17,18). The first-order valence-electron chi connectivity index (χ1n) is 6.46. The second-order valence-corrected chi connectivity index (χ2v) is 4.48. The lowest BCUT2D eigenvalue weighted by atomic mass is 10.2. The Morgan fingerprint density at radius 3 is 2.50 bits per heavy atom. The maximum atomic E-state index is 11.8. The first kappa shape index (κ1) is 18.6. The van der Waals surface area contributed by atoms with Crippen LogP contribution in [0.15, 0.2) is 0 Å². The van der Waals surface area contributed by atoms with Crippen molar-refractivity contribution in [1.82, 2.24) is 10.2 Å². The second kappa shape index (κ2) is 10.4. The molecule has 0 saturated carbocycles. The smallest absolute Gasteiger partial charge is 0.317 e. The third-order valence-corrected chi connectivity index (χ3v) is 2.44. The number of aliphatic carboxylic acids is 1. The van der Waals surface area contributed by atoms with Gasteiger partial charge in [-0.1, -0.05) is 0 Å². The largest absolute Gasteiger partial charge is 0.481 e. The topological polar surface area (TPSA) is 78.9 Å². The summed E-state index contributed by atoms with van der Waals surface area (Å²) in [4.78, 5) is 23.7. The number of rotatable bonds is 10. The fraction of sp³-hybridized carbons (Fsp3) is 0.833. The van der Waals surface area contributed by atoms with Gasteiger partial charge in [-0.15, -0.1) is 0 Å². The summed E-state index contributed by atoms with van der Waals surface area (Å²) < 4.78 is 28.2. The summed E-state index contributed by atoms with van der Waals surface area (Å²) >= 11 is 0. The molecular formula is C12H22F2N2O4. The lowest BCUT2D eigenvalue weighted by molar-refractivity contribution is -0.137. The van der Waals surface area contributed by atoms with Crippen LogP contribution >= 0.6 is 0 Å². The predicted molar refractivity (Wildman–Crippen MR) is 68.9 cm³/mol. The Morgan fingerprint density at radius 2 is 2.00 bits per heavy atom. The van der Waals surface area contributed by atoms with Crippen molar-refractivity contribution in [2.75, 3.05) is 26.3 Å². The Balaban J connectivity index is 3.94. The highest BCUT2D eigenvalue weighted by Gasteiger charge is 2.16. The first-order valence-corrected chi connectivity index (χ1v) is 6.46. The summed E-state index contributed by atoms with van der Waals surface area (Å²) in [5.74, 6) is -0.908. The molecule has 0 spiro atoms. The van der Waals surface area contributed by atoms with Gasteiger partial charge < -0.3 is 20.1 Å². The van der Waals surface area contributed by atoms with Crippen LogP contribution in [0.25, 0.3) is 0 Å². The molecule has 6 nitrogen and oxygen atoms in total. The lowest BCUT2D eigenvalue weighted by Crippen LogP contribution is -2.45. The molecule has 0 aliphatic rings. The van der Waals surface area contributed by atoms with Crippen molar-refractivity contribution >= 4 is 12.0 Å². The van der Waals surface area contributed by atoms with Crippen LogP contribution in [0.2, 0.25) is 0 Å². The molecule has 20 heavy (non-hydrogen) atoms. The molecule has 8 heteroatoms. The summed E-state index contributed by atoms with van der Waals surface area (Å²) in [7, 11) is 0. The Bertz CT molecular complexity index is 301. The molecule has 0 aliphatic heterocycles. The van der Waals surface area contributed by atoms with Gasteiger partial charge in [0.1, 0.15) is 6.61 Å². The van der Waals surface area contributed by atoms with Crippen LogP contribution in [-0.4, -0.2) is 60.8 Å². The van der Waals surface area contributed by atoms with Crippen molar-refractivity contribution in [3.8, 4) is 0 Å². The van der Waals surface area contributed by atoms with Gasteiger partial charge in [-0.05, 0) is 20.3 Å². The van der Waals surface area contributed by atoms with Gasteiger partial charge in [0.15, 0.2) is 0 Å². The summed E-state index contributed by atoms with van der Waals surface area (Å²) in [6.07, 6.45) is -2.16. The molecule has 0 rings (SSSR count). The molecular weight excluding hydrogens is 274 g/mol. The Labute approximate surface area is 117 Å². The van der Waals surface area contributed by atoms with Crippen molar-refractivity contribution < 1.29 is 28.2 Å². The number of carbonyl (C=O) groups is 2. The van der Waals surface area contributed by atoms with Gasteiger partial charge in [0, 0.05) is 25.6 Å². The SMILES string of the molecule is CC(C)N(CCCC(=O)O)C(=O)NCCOCC(F)F. The molecule has 0 fully saturated rings. The van der Waals surface area contributed by atoms with E-state index in [-0.39, 0.29) is 31.6 Å². The van der Waals surface area contributed by atoms with Crippen molar-refractivity contribution in [1.29, 1.82) is 0 Å². The van der Waals surface area contributed by atoms with E-state index in [0.29, 0.717) is 13.0 Å².